The van der Waals surface area contributed by atoms with E-state index in [1.807, 2.05) is 0 Å². The zero-order chi connectivity index (χ0) is 18.0. The first-order chi connectivity index (χ1) is 11.9. The summed E-state index contributed by atoms with van der Waals surface area (Å²) in [6.07, 6.45) is 1.92. The van der Waals surface area contributed by atoms with E-state index in [4.69, 9.17) is 11.6 Å². The van der Waals surface area contributed by atoms with Crippen molar-refractivity contribution in [3.63, 3.8) is 0 Å². The van der Waals surface area contributed by atoms with Crippen LogP contribution in [0.3, 0.4) is 0 Å². The Labute approximate surface area is 156 Å². The van der Waals surface area contributed by atoms with Crippen LogP contribution in [0, 0.1) is 5.92 Å². The number of benzene rings is 1. The Balaban J connectivity index is 1.75. The Morgan fingerprint density at radius 1 is 1.32 bits per heavy atom. The summed E-state index contributed by atoms with van der Waals surface area (Å²) in [5.41, 5.74) is 0.608. The molecule has 0 bridgehead atoms. The quantitative estimate of drug-likeness (QED) is 0.843. The molecular formula is C17H19ClN2O3S2. The molecule has 2 heterocycles. The second kappa shape index (κ2) is 7.45. The zero-order valence-corrected chi connectivity index (χ0v) is 16.1. The van der Waals surface area contributed by atoms with Crippen molar-refractivity contribution in [3.8, 4) is 0 Å². The lowest BCUT2D eigenvalue weighted by Gasteiger charge is -2.29. The molecule has 5 nitrogen and oxygen atoms in total. The highest BCUT2D eigenvalue weighted by Gasteiger charge is 2.30. The van der Waals surface area contributed by atoms with E-state index in [9.17, 15) is 13.2 Å². The minimum Gasteiger partial charge on any atom is -0.321 e. The van der Waals surface area contributed by atoms with Gasteiger partial charge in [-0.3, -0.25) is 4.79 Å². The molecule has 3 rings (SSSR count). The van der Waals surface area contributed by atoms with E-state index in [1.54, 1.807) is 24.3 Å². The third-order valence-electron chi connectivity index (χ3n) is 4.16. The molecule has 0 spiro atoms. The van der Waals surface area contributed by atoms with Gasteiger partial charge in [0.2, 0.25) is 10.0 Å². The number of carbonyl (C=O) groups is 1. The van der Waals surface area contributed by atoms with Gasteiger partial charge in [0.15, 0.2) is 0 Å². The molecule has 134 valence electrons. The Morgan fingerprint density at radius 3 is 2.72 bits per heavy atom. The van der Waals surface area contributed by atoms with Crippen LogP contribution >= 0.6 is 22.9 Å². The number of carbonyl (C=O) groups excluding carboxylic acids is 1. The third kappa shape index (κ3) is 4.23. The number of halogens is 1. The van der Waals surface area contributed by atoms with Gasteiger partial charge in [0.05, 0.1) is 9.77 Å². The van der Waals surface area contributed by atoms with Gasteiger partial charge in [0.1, 0.15) is 0 Å². The van der Waals surface area contributed by atoms with Crippen molar-refractivity contribution in [2.24, 2.45) is 5.92 Å². The highest BCUT2D eigenvalue weighted by atomic mass is 35.5. The summed E-state index contributed by atoms with van der Waals surface area (Å²) in [4.78, 5) is 12.9. The molecule has 25 heavy (non-hydrogen) atoms. The van der Waals surface area contributed by atoms with Crippen molar-refractivity contribution < 1.29 is 13.2 Å². The van der Waals surface area contributed by atoms with Gasteiger partial charge in [-0.2, -0.15) is 4.31 Å². The molecule has 1 aromatic carbocycles. The van der Waals surface area contributed by atoms with Crippen LogP contribution in [0.25, 0.3) is 0 Å². The van der Waals surface area contributed by atoms with Crippen LogP contribution in [0.5, 0.6) is 0 Å². The summed E-state index contributed by atoms with van der Waals surface area (Å²) in [6.45, 7) is 3.12. The highest BCUT2D eigenvalue weighted by Crippen LogP contribution is 2.27. The second-order valence-electron chi connectivity index (χ2n) is 6.22. The molecule has 0 radical (unpaired) electrons. The van der Waals surface area contributed by atoms with Crippen molar-refractivity contribution in [2.75, 3.05) is 18.4 Å². The number of anilines is 1. The number of rotatable bonds is 4. The minimum absolute atomic E-state index is 0.188. The first-order valence-electron chi connectivity index (χ1n) is 8.02. The molecule has 1 fully saturated rings. The normalized spacial score (nSPS) is 18.9. The molecule has 1 aliphatic rings. The van der Waals surface area contributed by atoms with Gasteiger partial charge in [-0.1, -0.05) is 18.5 Å². The van der Waals surface area contributed by atoms with Crippen LogP contribution < -0.4 is 5.32 Å². The van der Waals surface area contributed by atoms with Gasteiger partial charge in [0, 0.05) is 29.2 Å². The fraction of sp³-hybridized carbons (Fsp3) is 0.353. The van der Waals surface area contributed by atoms with Gasteiger partial charge in [-0.25, -0.2) is 8.42 Å². The Kier molecular flexibility index (Phi) is 5.48. The molecule has 0 unspecified atom stereocenters. The monoisotopic (exact) mass is 398 g/mol. The third-order valence-corrected chi connectivity index (χ3v) is 7.33. The zero-order valence-electron chi connectivity index (χ0n) is 13.7. The average molecular weight is 399 g/mol. The van der Waals surface area contributed by atoms with Crippen LogP contribution in [-0.4, -0.2) is 31.7 Å². The van der Waals surface area contributed by atoms with Crippen molar-refractivity contribution >= 4 is 44.6 Å². The first-order valence-corrected chi connectivity index (χ1v) is 10.7. The molecule has 1 atom stereocenters. The fourth-order valence-electron chi connectivity index (χ4n) is 2.81. The summed E-state index contributed by atoms with van der Waals surface area (Å²) in [5, 5.41) is 4.86. The summed E-state index contributed by atoms with van der Waals surface area (Å²) in [5.74, 6) is 0.0237. The number of amides is 1. The largest absolute Gasteiger partial charge is 0.321 e. The summed E-state index contributed by atoms with van der Waals surface area (Å²) in [7, 11) is -3.54. The molecule has 8 heteroatoms. The lowest BCUT2D eigenvalue weighted by molar-refractivity contribution is 0.103. The molecule has 1 saturated heterocycles. The molecule has 0 saturated carbocycles. The van der Waals surface area contributed by atoms with E-state index in [1.165, 1.54) is 15.8 Å². The molecule has 1 aromatic heterocycles. The van der Waals surface area contributed by atoms with E-state index >= 15 is 0 Å². The number of nitrogens with one attached hydrogen (secondary N) is 1. The summed E-state index contributed by atoms with van der Waals surface area (Å²) < 4.78 is 27.0. The number of sulfonamides is 1. The number of hydrogen-bond donors (Lipinski definition) is 1. The van der Waals surface area contributed by atoms with Crippen molar-refractivity contribution in [1.29, 1.82) is 0 Å². The predicted molar refractivity (Wildman–Crippen MR) is 101 cm³/mol. The van der Waals surface area contributed by atoms with Crippen LogP contribution in [0.15, 0.2) is 40.6 Å². The van der Waals surface area contributed by atoms with Crippen molar-refractivity contribution in [2.45, 2.75) is 24.7 Å². The van der Waals surface area contributed by atoms with Gasteiger partial charge in [-0.05, 0) is 49.1 Å². The standard InChI is InChI=1S/C17H19ClN2O3S2/c1-12-3-2-8-20(10-12)25(22,23)15-9-16(24-11-15)17(21)19-14-6-4-13(18)5-7-14/h4-7,9,11-12H,2-3,8,10H2,1H3,(H,19,21)/t12-/m0/s1. The number of nitrogens with zero attached hydrogens (tertiary/aromatic N) is 1. The summed E-state index contributed by atoms with van der Waals surface area (Å²) >= 11 is 6.95. The van der Waals surface area contributed by atoms with Gasteiger partial charge < -0.3 is 5.32 Å². The van der Waals surface area contributed by atoms with Crippen molar-refractivity contribution in [3.05, 3.63) is 45.6 Å². The Hall–Kier alpha value is -1.41. The van der Waals surface area contributed by atoms with E-state index in [0.29, 0.717) is 34.6 Å². The number of piperidine rings is 1. The van der Waals surface area contributed by atoms with Gasteiger partial charge in [0.25, 0.3) is 5.91 Å². The first kappa shape index (κ1) is 18.4. The molecular weight excluding hydrogens is 380 g/mol. The highest BCUT2D eigenvalue weighted by molar-refractivity contribution is 7.89. The minimum atomic E-state index is -3.54. The van der Waals surface area contributed by atoms with E-state index in [-0.39, 0.29) is 10.8 Å². The summed E-state index contributed by atoms with van der Waals surface area (Å²) in [6, 6.07) is 8.20. The molecule has 1 amide bonds. The maximum absolute atomic E-state index is 12.8. The van der Waals surface area contributed by atoms with E-state index in [0.717, 1.165) is 24.2 Å². The predicted octanol–water partition coefficient (Wildman–Crippen LogP) is 4.07. The Morgan fingerprint density at radius 2 is 2.04 bits per heavy atom. The van der Waals surface area contributed by atoms with E-state index in [2.05, 4.69) is 12.2 Å². The maximum Gasteiger partial charge on any atom is 0.265 e. The molecule has 0 aliphatic carbocycles. The lowest BCUT2D eigenvalue weighted by atomic mass is 10.0. The van der Waals surface area contributed by atoms with E-state index < -0.39 is 10.0 Å². The lowest BCUT2D eigenvalue weighted by Crippen LogP contribution is -2.38. The second-order valence-corrected chi connectivity index (χ2v) is 9.50. The number of hydrogen-bond acceptors (Lipinski definition) is 4. The fourth-order valence-corrected chi connectivity index (χ4v) is 5.69. The van der Waals surface area contributed by atoms with Crippen LogP contribution in [0.2, 0.25) is 5.02 Å². The van der Waals surface area contributed by atoms with Gasteiger partial charge >= 0.3 is 0 Å². The van der Waals surface area contributed by atoms with Crippen molar-refractivity contribution in [1.82, 2.24) is 4.31 Å². The SMILES string of the molecule is C[C@H]1CCCN(S(=O)(=O)c2csc(C(=O)Nc3ccc(Cl)cc3)c2)C1. The Bertz CT molecular complexity index is 862. The molecule has 1 aliphatic heterocycles. The smallest absolute Gasteiger partial charge is 0.265 e. The number of thiophene rings is 1. The topological polar surface area (TPSA) is 66.5 Å². The van der Waals surface area contributed by atoms with Crippen LogP contribution in [0.4, 0.5) is 5.69 Å². The van der Waals surface area contributed by atoms with Gasteiger partial charge in [-0.15, -0.1) is 11.3 Å². The average Bonchev–Trinajstić information content (AvgIpc) is 3.08. The maximum atomic E-state index is 12.8. The van der Waals surface area contributed by atoms with Crippen LogP contribution in [0.1, 0.15) is 29.4 Å². The molecule has 1 N–H and O–H groups in total. The molecule has 2 aromatic rings. The van der Waals surface area contributed by atoms with Crippen LogP contribution in [-0.2, 0) is 10.0 Å².